The maximum Gasteiger partial charge on any atom is 0.124 e. The van der Waals surface area contributed by atoms with Gasteiger partial charge in [0.05, 0.1) is 16.1 Å². The van der Waals surface area contributed by atoms with Crippen LogP contribution in [0.25, 0.3) is 0 Å². The van der Waals surface area contributed by atoms with Crippen LogP contribution in [-0.2, 0) is 6.42 Å². The first kappa shape index (κ1) is 11.9. The molecule has 0 fully saturated rings. The Balaban J connectivity index is 2.99. The minimum absolute atomic E-state index is 0.355. The highest BCUT2D eigenvalue weighted by molar-refractivity contribution is 6.43. The van der Waals surface area contributed by atoms with Crippen LogP contribution in [0.5, 0.6) is 0 Å². The van der Waals surface area contributed by atoms with E-state index in [1.54, 1.807) is 12.1 Å². The van der Waals surface area contributed by atoms with Crippen molar-refractivity contribution < 1.29 is 0 Å². The number of hydrogen-bond acceptors (Lipinski definition) is 1. The van der Waals surface area contributed by atoms with Crippen molar-refractivity contribution in [3.63, 3.8) is 0 Å². The Labute approximate surface area is 102 Å². The predicted molar refractivity (Wildman–Crippen MR) is 60.4 cm³/mol. The molecule has 0 spiro atoms. The average molecular weight is 269 g/mol. The van der Waals surface area contributed by atoms with Gasteiger partial charge in [0.25, 0.3) is 0 Å². The van der Waals surface area contributed by atoms with Gasteiger partial charge in [-0.3, -0.25) is 0 Å². The summed E-state index contributed by atoms with van der Waals surface area (Å²) in [4.78, 5) is 0. The third kappa shape index (κ3) is 2.93. The molecule has 0 aromatic heterocycles. The Morgan fingerprint density at radius 3 is 2.29 bits per heavy atom. The molecule has 0 saturated carbocycles. The van der Waals surface area contributed by atoms with E-state index in [2.05, 4.69) is 0 Å². The summed E-state index contributed by atoms with van der Waals surface area (Å²) < 4.78 is 0. The minimum atomic E-state index is -0.607. The first-order valence-electron chi connectivity index (χ1n) is 3.71. The summed E-state index contributed by atoms with van der Waals surface area (Å²) in [6, 6.07) is 5.07. The summed E-state index contributed by atoms with van der Waals surface area (Å²) in [5.74, 6) is 0. The van der Waals surface area contributed by atoms with Crippen molar-refractivity contribution in [1.82, 2.24) is 0 Å². The van der Waals surface area contributed by atoms with Gasteiger partial charge in [0.1, 0.15) is 5.38 Å². The van der Waals surface area contributed by atoms with E-state index in [0.717, 1.165) is 5.56 Å². The SMILES string of the molecule is N#CC(Cl)Cc1cc(Cl)c(Cl)cc1Cl. The monoisotopic (exact) mass is 267 g/mol. The van der Waals surface area contributed by atoms with E-state index >= 15 is 0 Å². The maximum atomic E-state index is 8.53. The van der Waals surface area contributed by atoms with Crippen LogP contribution in [-0.4, -0.2) is 5.38 Å². The zero-order chi connectivity index (χ0) is 10.7. The lowest BCUT2D eigenvalue weighted by Gasteiger charge is -2.06. The highest BCUT2D eigenvalue weighted by Crippen LogP contribution is 2.29. The molecule has 74 valence electrons. The summed E-state index contributed by atoms with van der Waals surface area (Å²) in [7, 11) is 0. The zero-order valence-corrected chi connectivity index (χ0v) is 9.92. The second-order valence-corrected chi connectivity index (χ2v) is 4.41. The third-order valence-electron chi connectivity index (χ3n) is 1.63. The van der Waals surface area contributed by atoms with Crippen LogP contribution < -0.4 is 0 Å². The number of halogens is 4. The average Bonchev–Trinajstić information content (AvgIpc) is 2.14. The maximum absolute atomic E-state index is 8.53. The van der Waals surface area contributed by atoms with Crippen molar-refractivity contribution in [3.05, 3.63) is 32.8 Å². The molecule has 1 aromatic rings. The third-order valence-corrected chi connectivity index (χ3v) is 2.95. The van der Waals surface area contributed by atoms with E-state index < -0.39 is 5.38 Å². The van der Waals surface area contributed by atoms with Crippen LogP contribution >= 0.6 is 46.4 Å². The Hall–Kier alpha value is -0.130. The van der Waals surface area contributed by atoms with Crippen LogP contribution in [0.1, 0.15) is 5.56 Å². The van der Waals surface area contributed by atoms with E-state index in [4.69, 9.17) is 51.7 Å². The van der Waals surface area contributed by atoms with Crippen molar-refractivity contribution in [2.75, 3.05) is 0 Å². The molecular weight excluding hydrogens is 264 g/mol. The number of alkyl halides is 1. The molecule has 0 aliphatic rings. The summed E-state index contributed by atoms with van der Waals surface area (Å²) >= 11 is 23.1. The van der Waals surface area contributed by atoms with Gasteiger partial charge in [0, 0.05) is 11.4 Å². The first-order chi connectivity index (χ1) is 6.54. The highest BCUT2D eigenvalue weighted by Gasteiger charge is 2.10. The lowest BCUT2D eigenvalue weighted by Crippen LogP contribution is -2.00. The van der Waals surface area contributed by atoms with Gasteiger partial charge >= 0.3 is 0 Å². The topological polar surface area (TPSA) is 23.8 Å². The number of benzene rings is 1. The van der Waals surface area contributed by atoms with E-state index in [1.165, 1.54) is 0 Å². The van der Waals surface area contributed by atoms with Crippen molar-refractivity contribution >= 4 is 46.4 Å². The summed E-state index contributed by atoms with van der Waals surface area (Å²) in [5.41, 5.74) is 0.725. The van der Waals surface area contributed by atoms with Crippen molar-refractivity contribution in [3.8, 4) is 6.07 Å². The quantitative estimate of drug-likeness (QED) is 0.579. The standard InChI is InChI=1S/C9H5Cl4N/c10-6(4-14)1-5-2-8(12)9(13)3-7(5)11/h2-3,6H,1H2. The molecule has 1 unspecified atom stereocenters. The van der Waals surface area contributed by atoms with E-state index in [0.29, 0.717) is 21.5 Å². The van der Waals surface area contributed by atoms with Crippen LogP contribution in [0.3, 0.4) is 0 Å². The van der Waals surface area contributed by atoms with Gasteiger partial charge in [-0.1, -0.05) is 34.8 Å². The fourth-order valence-corrected chi connectivity index (χ4v) is 1.77. The van der Waals surface area contributed by atoms with Gasteiger partial charge < -0.3 is 0 Å². The number of hydrogen-bond donors (Lipinski definition) is 0. The van der Waals surface area contributed by atoms with Gasteiger partial charge in [-0.25, -0.2) is 0 Å². The molecular formula is C9H5Cl4N. The van der Waals surface area contributed by atoms with Gasteiger partial charge in [0.15, 0.2) is 0 Å². The normalized spacial score (nSPS) is 12.2. The number of nitriles is 1. The van der Waals surface area contributed by atoms with Crippen LogP contribution in [0.2, 0.25) is 15.1 Å². The lowest BCUT2D eigenvalue weighted by atomic mass is 10.1. The van der Waals surface area contributed by atoms with Gasteiger partial charge in [-0.15, -0.1) is 11.6 Å². The Bertz CT molecular complexity index is 383. The minimum Gasteiger partial charge on any atom is -0.197 e. The summed E-state index contributed by atoms with van der Waals surface area (Å²) in [6.07, 6.45) is 0.355. The van der Waals surface area contributed by atoms with Crippen molar-refractivity contribution in [2.45, 2.75) is 11.8 Å². The van der Waals surface area contributed by atoms with Crippen molar-refractivity contribution in [2.24, 2.45) is 0 Å². The van der Waals surface area contributed by atoms with Gasteiger partial charge in [-0.05, 0) is 17.7 Å². The smallest absolute Gasteiger partial charge is 0.124 e. The summed E-state index contributed by atoms with van der Waals surface area (Å²) in [6.45, 7) is 0. The summed E-state index contributed by atoms with van der Waals surface area (Å²) in [5, 5.41) is 9.19. The predicted octanol–water partition coefficient (Wildman–Crippen LogP) is 4.32. The molecule has 1 rings (SSSR count). The molecule has 1 nitrogen and oxygen atoms in total. The molecule has 5 heteroatoms. The van der Waals surface area contributed by atoms with Gasteiger partial charge in [0.2, 0.25) is 0 Å². The van der Waals surface area contributed by atoms with Crippen LogP contribution in [0, 0.1) is 11.3 Å². The molecule has 0 saturated heterocycles. The van der Waals surface area contributed by atoms with E-state index in [9.17, 15) is 0 Å². The largest absolute Gasteiger partial charge is 0.197 e. The van der Waals surface area contributed by atoms with Crippen LogP contribution in [0.15, 0.2) is 12.1 Å². The molecule has 0 N–H and O–H groups in total. The second kappa shape index (κ2) is 5.09. The first-order valence-corrected chi connectivity index (χ1v) is 5.28. The fourth-order valence-electron chi connectivity index (χ4n) is 0.959. The molecule has 0 heterocycles. The molecule has 1 atom stereocenters. The van der Waals surface area contributed by atoms with Crippen LogP contribution in [0.4, 0.5) is 0 Å². The Morgan fingerprint density at radius 2 is 1.71 bits per heavy atom. The Kier molecular flexibility index (Phi) is 4.34. The number of nitrogens with zero attached hydrogens (tertiary/aromatic N) is 1. The van der Waals surface area contributed by atoms with E-state index in [-0.39, 0.29) is 0 Å². The zero-order valence-electron chi connectivity index (χ0n) is 6.90. The van der Waals surface area contributed by atoms with E-state index in [1.807, 2.05) is 6.07 Å². The lowest BCUT2D eigenvalue weighted by molar-refractivity contribution is 1.02. The second-order valence-electron chi connectivity index (χ2n) is 2.66. The molecule has 0 aliphatic heterocycles. The number of rotatable bonds is 2. The van der Waals surface area contributed by atoms with Crippen molar-refractivity contribution in [1.29, 1.82) is 5.26 Å². The molecule has 14 heavy (non-hydrogen) atoms. The fraction of sp³-hybridized carbons (Fsp3) is 0.222. The molecule has 0 amide bonds. The highest BCUT2D eigenvalue weighted by atomic mass is 35.5. The molecule has 0 aliphatic carbocycles. The molecule has 0 bridgehead atoms. The Morgan fingerprint density at radius 1 is 1.14 bits per heavy atom. The molecule has 1 aromatic carbocycles. The molecule has 0 radical (unpaired) electrons. The van der Waals surface area contributed by atoms with Gasteiger partial charge in [-0.2, -0.15) is 5.26 Å².